The fourth-order valence-corrected chi connectivity index (χ4v) is 3.72. The van der Waals surface area contributed by atoms with Gasteiger partial charge in [-0.25, -0.2) is 0 Å². The van der Waals surface area contributed by atoms with Crippen molar-refractivity contribution in [2.45, 2.75) is 37.7 Å². The summed E-state index contributed by atoms with van der Waals surface area (Å²) in [6.45, 7) is 4.13. The minimum atomic E-state index is 0.128. The van der Waals surface area contributed by atoms with Gasteiger partial charge in [0.15, 0.2) is 5.16 Å². The minimum absolute atomic E-state index is 0.128. The van der Waals surface area contributed by atoms with Crippen LogP contribution in [0.4, 0.5) is 0 Å². The Morgan fingerprint density at radius 1 is 1.38 bits per heavy atom. The number of aromatic nitrogens is 3. The first-order valence-electron chi connectivity index (χ1n) is 7.27. The van der Waals surface area contributed by atoms with Crippen LogP contribution in [0.5, 0.6) is 0 Å². The van der Waals surface area contributed by atoms with Crippen molar-refractivity contribution in [2.75, 3.05) is 12.4 Å². The first-order valence-corrected chi connectivity index (χ1v) is 8.26. The van der Waals surface area contributed by atoms with Gasteiger partial charge >= 0.3 is 0 Å². The van der Waals surface area contributed by atoms with E-state index in [-0.39, 0.29) is 6.10 Å². The zero-order valence-corrected chi connectivity index (χ0v) is 13.0. The van der Waals surface area contributed by atoms with Gasteiger partial charge < -0.3 is 15.0 Å². The summed E-state index contributed by atoms with van der Waals surface area (Å²) in [5.41, 5.74) is 8.39. The van der Waals surface area contributed by atoms with E-state index in [9.17, 15) is 0 Å². The van der Waals surface area contributed by atoms with Crippen LogP contribution >= 0.6 is 11.8 Å². The fourth-order valence-electron chi connectivity index (χ4n) is 2.66. The van der Waals surface area contributed by atoms with Crippen molar-refractivity contribution in [3.8, 4) is 0 Å². The topological polar surface area (TPSA) is 66.0 Å². The molecule has 1 aliphatic heterocycles. The van der Waals surface area contributed by atoms with Crippen LogP contribution in [-0.4, -0.2) is 27.1 Å². The number of ether oxygens (including phenoxy) is 1. The van der Waals surface area contributed by atoms with Gasteiger partial charge in [-0.15, -0.1) is 10.2 Å². The Morgan fingerprint density at radius 2 is 2.24 bits per heavy atom. The third-order valence-electron chi connectivity index (χ3n) is 3.75. The molecule has 0 saturated carbocycles. The minimum Gasteiger partial charge on any atom is -0.372 e. The van der Waals surface area contributed by atoms with Crippen molar-refractivity contribution in [1.29, 1.82) is 0 Å². The van der Waals surface area contributed by atoms with E-state index in [1.54, 1.807) is 11.8 Å². The van der Waals surface area contributed by atoms with Gasteiger partial charge in [-0.3, -0.25) is 0 Å². The molecule has 0 spiro atoms. The summed E-state index contributed by atoms with van der Waals surface area (Å²) in [7, 11) is 0. The molecule has 21 heavy (non-hydrogen) atoms. The molecule has 2 N–H and O–H groups in total. The Morgan fingerprint density at radius 3 is 3.05 bits per heavy atom. The zero-order chi connectivity index (χ0) is 14.7. The van der Waals surface area contributed by atoms with Crippen LogP contribution in [0.2, 0.25) is 0 Å². The normalized spacial score (nSPS) is 17.7. The summed E-state index contributed by atoms with van der Waals surface area (Å²) in [5.74, 6) is 1.68. The van der Waals surface area contributed by atoms with Gasteiger partial charge in [-0.2, -0.15) is 0 Å². The molecule has 112 valence electrons. The summed E-state index contributed by atoms with van der Waals surface area (Å²) in [6.07, 6.45) is 1.13. The van der Waals surface area contributed by atoms with E-state index < -0.39 is 0 Å². The lowest BCUT2D eigenvalue weighted by molar-refractivity contribution is 0.0587. The Balaban J connectivity index is 1.73. The van der Waals surface area contributed by atoms with E-state index in [0.717, 1.165) is 36.3 Å². The van der Waals surface area contributed by atoms with Crippen LogP contribution in [0.15, 0.2) is 29.4 Å². The number of rotatable bonds is 5. The average Bonchev–Trinajstić information content (AvgIpc) is 2.94. The molecule has 0 bridgehead atoms. The summed E-state index contributed by atoms with van der Waals surface area (Å²) >= 11 is 1.69. The molecule has 2 heterocycles. The second-order valence-electron chi connectivity index (χ2n) is 4.97. The lowest BCUT2D eigenvalue weighted by Gasteiger charge is -2.25. The van der Waals surface area contributed by atoms with E-state index in [1.807, 2.05) is 0 Å². The van der Waals surface area contributed by atoms with Gasteiger partial charge in [-0.05, 0) is 24.5 Å². The van der Waals surface area contributed by atoms with Crippen molar-refractivity contribution in [3.05, 3.63) is 41.2 Å². The van der Waals surface area contributed by atoms with Gasteiger partial charge in [0.1, 0.15) is 5.82 Å². The highest BCUT2D eigenvalue weighted by Crippen LogP contribution is 2.31. The Kier molecular flexibility index (Phi) is 4.57. The molecule has 1 aliphatic rings. The maximum absolute atomic E-state index is 5.93. The maximum Gasteiger partial charge on any atom is 0.191 e. The Hall–Kier alpha value is -1.37. The van der Waals surface area contributed by atoms with E-state index >= 15 is 0 Å². The number of benzene rings is 1. The van der Waals surface area contributed by atoms with Crippen molar-refractivity contribution in [3.63, 3.8) is 0 Å². The van der Waals surface area contributed by atoms with Crippen LogP contribution in [0.3, 0.4) is 0 Å². The van der Waals surface area contributed by atoms with Crippen molar-refractivity contribution < 1.29 is 4.74 Å². The van der Waals surface area contributed by atoms with E-state index in [4.69, 9.17) is 10.5 Å². The molecule has 0 radical (unpaired) electrons. The Bertz CT molecular complexity index is 613. The molecular formula is C15H20N4OS. The molecule has 1 unspecified atom stereocenters. The van der Waals surface area contributed by atoms with Crippen LogP contribution < -0.4 is 5.73 Å². The monoisotopic (exact) mass is 304 g/mol. The molecule has 1 atom stereocenters. The molecule has 3 rings (SSSR count). The smallest absolute Gasteiger partial charge is 0.191 e. The number of fused-ring (bicyclic) bond motifs is 1. The lowest BCUT2D eigenvalue weighted by atomic mass is 9.99. The summed E-state index contributed by atoms with van der Waals surface area (Å²) in [5, 5.41) is 9.30. The van der Waals surface area contributed by atoms with Crippen molar-refractivity contribution >= 4 is 11.8 Å². The molecule has 2 aromatic rings. The standard InChI is InChI=1S/C15H20N4OS/c1-2-19-14(9-16)17-18-15(19)21-10-13-12-6-4-3-5-11(12)7-8-20-13/h3-6,13H,2,7-10,16H2,1H3. The second-order valence-corrected chi connectivity index (χ2v) is 5.95. The third kappa shape index (κ3) is 2.97. The lowest BCUT2D eigenvalue weighted by Crippen LogP contribution is -2.18. The second kappa shape index (κ2) is 6.60. The van der Waals surface area contributed by atoms with Crippen molar-refractivity contribution in [2.24, 2.45) is 5.73 Å². The van der Waals surface area contributed by atoms with Gasteiger partial charge in [0.2, 0.25) is 0 Å². The van der Waals surface area contributed by atoms with Gasteiger partial charge in [-0.1, -0.05) is 36.0 Å². The van der Waals surface area contributed by atoms with Crippen LogP contribution in [0.1, 0.15) is 30.0 Å². The Labute approximate surface area is 128 Å². The van der Waals surface area contributed by atoms with Crippen LogP contribution in [-0.2, 0) is 24.2 Å². The first kappa shape index (κ1) is 14.6. The molecule has 0 aliphatic carbocycles. The third-order valence-corrected chi connectivity index (χ3v) is 4.78. The summed E-state index contributed by atoms with van der Waals surface area (Å²) in [4.78, 5) is 0. The SMILES string of the molecule is CCn1c(CN)nnc1SCC1OCCc2ccccc21. The highest BCUT2D eigenvalue weighted by Gasteiger charge is 2.21. The number of nitrogens with two attached hydrogens (primary N) is 1. The molecule has 5 nitrogen and oxygen atoms in total. The van der Waals surface area contributed by atoms with Crippen LogP contribution in [0, 0.1) is 0 Å². The largest absolute Gasteiger partial charge is 0.372 e. The first-order chi connectivity index (χ1) is 10.3. The van der Waals surface area contributed by atoms with E-state index in [2.05, 4.69) is 46.0 Å². The fraction of sp³-hybridized carbons (Fsp3) is 0.467. The number of hydrogen-bond acceptors (Lipinski definition) is 5. The number of nitrogens with zero attached hydrogens (tertiary/aromatic N) is 3. The molecular weight excluding hydrogens is 284 g/mol. The summed E-state index contributed by atoms with van der Waals surface area (Å²) < 4.78 is 8.00. The van der Waals surface area contributed by atoms with Gasteiger partial charge in [0.25, 0.3) is 0 Å². The molecule has 6 heteroatoms. The average molecular weight is 304 g/mol. The quantitative estimate of drug-likeness (QED) is 0.858. The molecule has 0 saturated heterocycles. The molecule has 0 amide bonds. The van der Waals surface area contributed by atoms with E-state index in [0.29, 0.717) is 6.54 Å². The van der Waals surface area contributed by atoms with Crippen LogP contribution in [0.25, 0.3) is 0 Å². The van der Waals surface area contributed by atoms with Crippen molar-refractivity contribution in [1.82, 2.24) is 14.8 Å². The molecule has 0 fully saturated rings. The van der Waals surface area contributed by atoms with Gasteiger partial charge in [0, 0.05) is 12.3 Å². The number of hydrogen-bond donors (Lipinski definition) is 1. The predicted molar refractivity (Wildman–Crippen MR) is 83.2 cm³/mol. The molecule has 1 aromatic heterocycles. The highest BCUT2D eigenvalue weighted by molar-refractivity contribution is 7.99. The van der Waals surface area contributed by atoms with E-state index in [1.165, 1.54) is 11.1 Å². The summed E-state index contributed by atoms with van der Waals surface area (Å²) in [6, 6.07) is 8.52. The van der Waals surface area contributed by atoms with Gasteiger partial charge in [0.05, 0.1) is 19.3 Å². The maximum atomic E-state index is 5.93. The molecule has 1 aromatic carbocycles. The number of thioether (sulfide) groups is 1. The predicted octanol–water partition coefficient (Wildman–Crippen LogP) is 2.16. The zero-order valence-electron chi connectivity index (χ0n) is 12.2. The highest BCUT2D eigenvalue weighted by atomic mass is 32.2.